The van der Waals surface area contributed by atoms with Crippen LogP contribution in [-0.2, 0) is 0 Å². The molecule has 3 heteroatoms. The van der Waals surface area contributed by atoms with E-state index in [0.717, 1.165) is 44.3 Å². The van der Waals surface area contributed by atoms with Crippen molar-refractivity contribution < 1.29 is 0 Å². The van der Waals surface area contributed by atoms with Gasteiger partial charge in [-0.1, -0.05) is 170 Å². The number of benzene rings is 9. The molecule has 0 N–H and O–H groups in total. The summed E-state index contributed by atoms with van der Waals surface area (Å²) < 4.78 is 0. The zero-order valence-corrected chi connectivity index (χ0v) is 28.2. The normalized spacial score (nSPS) is 11.5. The summed E-state index contributed by atoms with van der Waals surface area (Å²) in [6, 6.07) is 66.3. The molecule has 10 rings (SSSR count). The minimum absolute atomic E-state index is 0.635. The van der Waals surface area contributed by atoms with Gasteiger partial charge in [0.15, 0.2) is 17.5 Å². The van der Waals surface area contributed by atoms with E-state index < -0.39 is 0 Å². The zero-order valence-electron chi connectivity index (χ0n) is 28.2. The molecule has 0 aliphatic rings. The first kappa shape index (κ1) is 29.9. The van der Waals surface area contributed by atoms with Crippen LogP contribution in [0.1, 0.15) is 0 Å². The quantitative estimate of drug-likeness (QED) is 0.172. The number of aromatic nitrogens is 3. The molecule has 0 saturated heterocycles. The van der Waals surface area contributed by atoms with Gasteiger partial charge in [-0.15, -0.1) is 0 Å². The summed E-state index contributed by atoms with van der Waals surface area (Å²) in [5.74, 6) is 1.91. The predicted molar refractivity (Wildman–Crippen MR) is 217 cm³/mol. The van der Waals surface area contributed by atoms with Crippen molar-refractivity contribution in [3.05, 3.63) is 188 Å². The van der Waals surface area contributed by atoms with E-state index in [2.05, 4.69) is 176 Å². The Kier molecular flexibility index (Phi) is 7.14. The molecule has 0 bridgehead atoms. The van der Waals surface area contributed by atoms with E-state index in [1.165, 1.54) is 37.7 Å². The third-order valence-electron chi connectivity index (χ3n) is 10.1. The largest absolute Gasteiger partial charge is 0.208 e. The molecule has 0 radical (unpaired) electrons. The summed E-state index contributed by atoms with van der Waals surface area (Å²) >= 11 is 0. The highest BCUT2D eigenvalue weighted by Crippen LogP contribution is 2.42. The highest BCUT2D eigenvalue weighted by molar-refractivity contribution is 6.32. The van der Waals surface area contributed by atoms with Gasteiger partial charge in [0.2, 0.25) is 0 Å². The molecule has 1 aromatic heterocycles. The Morgan fingerprint density at radius 3 is 1.13 bits per heavy atom. The predicted octanol–water partition coefficient (Wildman–Crippen LogP) is 12.8. The Bertz CT molecular complexity index is 2850. The lowest BCUT2D eigenvalue weighted by Crippen LogP contribution is -2.01. The minimum Gasteiger partial charge on any atom is -0.208 e. The third kappa shape index (κ3) is 5.10. The SMILES string of the molecule is c1ccc(-c2cccc(-c3nc(-c4cccc(-c5ccccc5)c4)nc(-c4cc5c6ccccc6c6ccccc6c5c5ccccc45)n3)c2)cc1. The van der Waals surface area contributed by atoms with Gasteiger partial charge in [0.25, 0.3) is 0 Å². The Hall–Kier alpha value is -6.97. The van der Waals surface area contributed by atoms with Crippen LogP contribution in [0.25, 0.3) is 99.5 Å². The number of hydrogen-bond acceptors (Lipinski definition) is 3. The van der Waals surface area contributed by atoms with Crippen molar-refractivity contribution in [1.82, 2.24) is 15.0 Å². The van der Waals surface area contributed by atoms with Crippen LogP contribution in [-0.4, -0.2) is 15.0 Å². The van der Waals surface area contributed by atoms with Crippen molar-refractivity contribution in [2.45, 2.75) is 0 Å². The molecule has 1 heterocycles. The van der Waals surface area contributed by atoms with Crippen LogP contribution in [0.4, 0.5) is 0 Å². The molecule has 0 aliphatic heterocycles. The molecule has 10 aromatic rings. The van der Waals surface area contributed by atoms with Crippen molar-refractivity contribution >= 4 is 43.1 Å². The van der Waals surface area contributed by atoms with Gasteiger partial charge in [-0.2, -0.15) is 0 Å². The maximum absolute atomic E-state index is 5.29. The first-order chi connectivity index (χ1) is 25.8. The smallest absolute Gasteiger partial charge is 0.164 e. The Morgan fingerprint density at radius 1 is 0.231 bits per heavy atom. The van der Waals surface area contributed by atoms with Crippen LogP contribution in [0.3, 0.4) is 0 Å². The van der Waals surface area contributed by atoms with Gasteiger partial charge in [0, 0.05) is 16.7 Å². The van der Waals surface area contributed by atoms with Gasteiger partial charge in [0.05, 0.1) is 0 Å². The van der Waals surface area contributed by atoms with E-state index in [4.69, 9.17) is 15.0 Å². The molecular weight excluding hydrogens is 631 g/mol. The molecule has 0 spiro atoms. The van der Waals surface area contributed by atoms with E-state index in [-0.39, 0.29) is 0 Å². The molecule has 0 saturated carbocycles. The summed E-state index contributed by atoms with van der Waals surface area (Å²) in [6.07, 6.45) is 0. The Morgan fingerprint density at radius 2 is 0.596 bits per heavy atom. The van der Waals surface area contributed by atoms with E-state index in [1.807, 2.05) is 12.1 Å². The minimum atomic E-state index is 0.635. The molecule has 52 heavy (non-hydrogen) atoms. The topological polar surface area (TPSA) is 38.7 Å². The van der Waals surface area contributed by atoms with E-state index in [9.17, 15) is 0 Å². The zero-order chi connectivity index (χ0) is 34.4. The summed E-state index contributed by atoms with van der Waals surface area (Å²) in [4.78, 5) is 15.8. The van der Waals surface area contributed by atoms with Crippen molar-refractivity contribution in [3.8, 4) is 56.4 Å². The average molecular weight is 662 g/mol. The van der Waals surface area contributed by atoms with Gasteiger partial charge < -0.3 is 0 Å². The standard InChI is InChI=1S/C49H31N3/c1-3-15-32(16-4-1)34-19-13-21-36(29-34)47-50-48(37-22-14-20-35(30-37)33-17-5-2-6-18-33)52-49(51-47)45-31-44-40-25-8-7-23-38(40)39-24-9-11-27-42(39)46(44)43-28-12-10-26-41(43)45/h1-31H. The van der Waals surface area contributed by atoms with Crippen LogP contribution >= 0.6 is 0 Å². The second-order valence-electron chi connectivity index (χ2n) is 13.2. The number of rotatable bonds is 5. The molecule has 0 unspecified atom stereocenters. The van der Waals surface area contributed by atoms with Crippen LogP contribution < -0.4 is 0 Å². The fourth-order valence-electron chi connectivity index (χ4n) is 7.64. The lowest BCUT2D eigenvalue weighted by Gasteiger charge is -2.16. The van der Waals surface area contributed by atoms with Crippen molar-refractivity contribution in [1.29, 1.82) is 0 Å². The van der Waals surface area contributed by atoms with E-state index in [0.29, 0.717) is 17.5 Å². The van der Waals surface area contributed by atoms with Gasteiger partial charge in [0.1, 0.15) is 0 Å². The molecule has 242 valence electrons. The van der Waals surface area contributed by atoms with E-state index in [1.54, 1.807) is 0 Å². The van der Waals surface area contributed by atoms with E-state index >= 15 is 0 Å². The first-order valence-electron chi connectivity index (χ1n) is 17.6. The van der Waals surface area contributed by atoms with Crippen LogP contribution in [0.5, 0.6) is 0 Å². The van der Waals surface area contributed by atoms with Gasteiger partial charge >= 0.3 is 0 Å². The van der Waals surface area contributed by atoms with Crippen molar-refractivity contribution in [2.24, 2.45) is 0 Å². The highest BCUT2D eigenvalue weighted by atomic mass is 15.0. The molecule has 9 aromatic carbocycles. The van der Waals surface area contributed by atoms with Crippen LogP contribution in [0, 0.1) is 0 Å². The molecule has 0 amide bonds. The molecular formula is C49H31N3. The lowest BCUT2D eigenvalue weighted by molar-refractivity contribution is 1.08. The highest BCUT2D eigenvalue weighted by Gasteiger charge is 2.19. The fraction of sp³-hybridized carbons (Fsp3) is 0. The molecule has 3 nitrogen and oxygen atoms in total. The number of nitrogens with zero attached hydrogens (tertiary/aromatic N) is 3. The molecule has 0 atom stereocenters. The molecule has 0 fully saturated rings. The first-order valence-corrected chi connectivity index (χ1v) is 17.6. The van der Waals surface area contributed by atoms with Crippen molar-refractivity contribution in [2.75, 3.05) is 0 Å². The Balaban J connectivity index is 1.26. The second kappa shape index (κ2) is 12.4. The van der Waals surface area contributed by atoms with Crippen LogP contribution in [0.15, 0.2) is 188 Å². The number of fused-ring (bicyclic) bond motifs is 8. The lowest BCUT2D eigenvalue weighted by atomic mass is 9.89. The third-order valence-corrected chi connectivity index (χ3v) is 10.1. The maximum atomic E-state index is 5.29. The summed E-state index contributed by atoms with van der Waals surface area (Å²) in [6.45, 7) is 0. The van der Waals surface area contributed by atoms with Crippen molar-refractivity contribution in [3.63, 3.8) is 0 Å². The molecule has 0 aliphatic carbocycles. The summed E-state index contributed by atoms with van der Waals surface area (Å²) in [5.41, 5.74) is 7.37. The second-order valence-corrected chi connectivity index (χ2v) is 13.2. The van der Waals surface area contributed by atoms with Gasteiger partial charge in [-0.3, -0.25) is 0 Å². The summed E-state index contributed by atoms with van der Waals surface area (Å²) in [7, 11) is 0. The van der Waals surface area contributed by atoms with Crippen LogP contribution in [0.2, 0.25) is 0 Å². The maximum Gasteiger partial charge on any atom is 0.164 e. The number of hydrogen-bond donors (Lipinski definition) is 0. The Labute approximate surface area is 301 Å². The average Bonchev–Trinajstić information content (AvgIpc) is 3.24. The van der Waals surface area contributed by atoms with Gasteiger partial charge in [-0.05, 0) is 83.5 Å². The fourth-order valence-corrected chi connectivity index (χ4v) is 7.64. The monoisotopic (exact) mass is 661 g/mol. The summed E-state index contributed by atoms with van der Waals surface area (Å²) in [5, 5.41) is 9.66. The van der Waals surface area contributed by atoms with Gasteiger partial charge in [-0.25, -0.2) is 15.0 Å².